The van der Waals surface area contributed by atoms with Crippen LogP contribution in [-0.2, 0) is 13.1 Å². The summed E-state index contributed by atoms with van der Waals surface area (Å²) in [6.07, 6.45) is -2.25. The van der Waals surface area contributed by atoms with Gasteiger partial charge in [-0.05, 0) is 36.6 Å². The van der Waals surface area contributed by atoms with Crippen molar-refractivity contribution in [3.63, 3.8) is 0 Å². The average Bonchev–Trinajstić information content (AvgIpc) is 3.57. The van der Waals surface area contributed by atoms with Crippen molar-refractivity contribution >= 4 is 17.5 Å². The van der Waals surface area contributed by atoms with Gasteiger partial charge >= 0.3 is 6.18 Å². The summed E-state index contributed by atoms with van der Waals surface area (Å²) < 4.78 is 48.3. The van der Waals surface area contributed by atoms with Crippen LogP contribution in [0.5, 0.6) is 11.5 Å². The Morgan fingerprint density at radius 2 is 1.81 bits per heavy atom. The van der Waals surface area contributed by atoms with Crippen LogP contribution < -0.4 is 14.8 Å². The van der Waals surface area contributed by atoms with Crippen LogP contribution in [0, 0.1) is 0 Å². The first-order chi connectivity index (χ1) is 14.8. The Bertz CT molecular complexity index is 946. The van der Waals surface area contributed by atoms with E-state index < -0.39 is 18.6 Å². The summed E-state index contributed by atoms with van der Waals surface area (Å²) >= 11 is 6.26. The lowest BCUT2D eigenvalue weighted by Crippen LogP contribution is -2.33. The maximum absolute atomic E-state index is 12.3. The predicted molar refractivity (Wildman–Crippen MR) is 110 cm³/mol. The second-order valence-corrected chi connectivity index (χ2v) is 8.16. The molecule has 1 N–H and O–H groups in total. The van der Waals surface area contributed by atoms with Gasteiger partial charge in [-0.2, -0.15) is 13.2 Å². The van der Waals surface area contributed by atoms with E-state index >= 15 is 0 Å². The van der Waals surface area contributed by atoms with E-state index in [9.17, 15) is 18.0 Å². The Labute approximate surface area is 183 Å². The summed E-state index contributed by atoms with van der Waals surface area (Å²) in [6.45, 7) is 0.895. The quantitative estimate of drug-likeness (QED) is 0.666. The zero-order valence-electron chi connectivity index (χ0n) is 16.7. The number of carbonyl (C=O) groups excluding carboxylic acids is 1. The molecule has 1 heterocycles. The minimum absolute atomic E-state index is 0.195. The Balaban J connectivity index is 1.44. The molecule has 1 saturated carbocycles. The molecule has 0 bridgehead atoms. The van der Waals surface area contributed by atoms with E-state index in [1.165, 1.54) is 0 Å². The monoisotopic (exact) mass is 454 g/mol. The van der Waals surface area contributed by atoms with Gasteiger partial charge in [-0.3, -0.25) is 9.69 Å². The van der Waals surface area contributed by atoms with Gasteiger partial charge in [0.2, 0.25) is 0 Å². The topological polar surface area (TPSA) is 50.8 Å². The number of nitrogens with zero attached hydrogens (tertiary/aromatic N) is 1. The van der Waals surface area contributed by atoms with E-state index in [2.05, 4.69) is 4.90 Å². The number of benzene rings is 2. The largest absolute Gasteiger partial charge is 0.486 e. The van der Waals surface area contributed by atoms with Crippen molar-refractivity contribution in [1.29, 1.82) is 0 Å². The molecule has 1 aliphatic heterocycles. The number of carbonyl (C=O) groups is 1. The highest BCUT2D eigenvalue weighted by molar-refractivity contribution is 6.30. The van der Waals surface area contributed by atoms with Gasteiger partial charge in [0.15, 0.2) is 11.5 Å². The van der Waals surface area contributed by atoms with Gasteiger partial charge in [-0.25, -0.2) is 0 Å². The SMILES string of the molecule is O=C(NCC(F)(F)F)c1ccc(CN(Cc2cc(Cl)cc3c2OCCO3)C2CC2)cc1. The standard InChI is InChI=1S/C22H22ClF3N2O3/c23-17-9-16(20-19(10-17)30-7-8-31-20)12-28(18-5-6-18)11-14-1-3-15(4-2-14)21(29)27-13-22(24,25)26/h1-4,9-10,18H,5-8,11-13H2,(H,27,29). The molecule has 2 aliphatic rings. The maximum atomic E-state index is 12.3. The number of amides is 1. The third-order valence-electron chi connectivity index (χ3n) is 5.17. The summed E-state index contributed by atoms with van der Waals surface area (Å²) in [5.74, 6) is 0.627. The van der Waals surface area contributed by atoms with Gasteiger partial charge in [-0.15, -0.1) is 0 Å². The van der Waals surface area contributed by atoms with Gasteiger partial charge in [-0.1, -0.05) is 23.7 Å². The number of halogens is 4. The van der Waals surface area contributed by atoms with Gasteiger partial charge < -0.3 is 14.8 Å². The predicted octanol–water partition coefficient (Wildman–Crippen LogP) is 4.57. The van der Waals surface area contributed by atoms with Crippen LogP contribution in [0.3, 0.4) is 0 Å². The molecule has 5 nitrogen and oxygen atoms in total. The number of alkyl halides is 3. The molecule has 0 atom stereocenters. The number of nitrogens with one attached hydrogen (secondary N) is 1. The highest BCUT2D eigenvalue weighted by Crippen LogP contribution is 2.39. The molecule has 0 radical (unpaired) electrons. The number of ether oxygens (including phenoxy) is 2. The Hall–Kier alpha value is -2.45. The van der Waals surface area contributed by atoms with Crippen molar-refractivity contribution in [3.05, 3.63) is 58.1 Å². The highest BCUT2D eigenvalue weighted by Gasteiger charge is 2.31. The summed E-state index contributed by atoms with van der Waals surface area (Å²) in [5, 5.41) is 2.47. The first-order valence-electron chi connectivity index (χ1n) is 10.0. The molecule has 0 unspecified atom stereocenters. The second kappa shape index (κ2) is 8.96. The highest BCUT2D eigenvalue weighted by atomic mass is 35.5. The van der Waals surface area contributed by atoms with Gasteiger partial charge in [0.25, 0.3) is 5.91 Å². The molecular formula is C22H22ClF3N2O3. The van der Waals surface area contributed by atoms with E-state index in [0.717, 1.165) is 29.7 Å². The maximum Gasteiger partial charge on any atom is 0.405 e. The van der Waals surface area contributed by atoms with Crippen LogP contribution in [0.2, 0.25) is 5.02 Å². The van der Waals surface area contributed by atoms with Crippen LogP contribution in [0.1, 0.15) is 34.3 Å². The van der Waals surface area contributed by atoms with Gasteiger partial charge in [0, 0.05) is 41.3 Å². The first kappa shape index (κ1) is 21.8. The summed E-state index contributed by atoms with van der Waals surface area (Å²) in [6, 6.07) is 10.7. The molecule has 2 aromatic carbocycles. The number of hydrogen-bond donors (Lipinski definition) is 1. The Kier molecular flexibility index (Phi) is 6.29. The first-order valence-corrected chi connectivity index (χ1v) is 10.4. The van der Waals surface area contributed by atoms with Crippen molar-refractivity contribution in [2.24, 2.45) is 0 Å². The Morgan fingerprint density at radius 3 is 2.48 bits per heavy atom. The van der Waals surface area contributed by atoms with Crippen molar-refractivity contribution in [3.8, 4) is 11.5 Å². The van der Waals surface area contributed by atoms with Gasteiger partial charge in [0.1, 0.15) is 19.8 Å². The van der Waals surface area contributed by atoms with E-state index in [-0.39, 0.29) is 5.56 Å². The van der Waals surface area contributed by atoms with Crippen LogP contribution in [-0.4, -0.2) is 42.8 Å². The van der Waals surface area contributed by atoms with Crippen molar-refractivity contribution in [1.82, 2.24) is 10.2 Å². The fraction of sp³-hybridized carbons (Fsp3) is 0.409. The van der Waals surface area contributed by atoms with Crippen LogP contribution >= 0.6 is 11.6 Å². The van der Waals surface area contributed by atoms with Gasteiger partial charge in [0.05, 0.1) is 0 Å². The Morgan fingerprint density at radius 1 is 1.10 bits per heavy atom. The molecule has 9 heteroatoms. The van der Waals surface area contributed by atoms with Crippen LogP contribution in [0.4, 0.5) is 13.2 Å². The second-order valence-electron chi connectivity index (χ2n) is 7.72. The molecule has 166 valence electrons. The molecule has 0 aromatic heterocycles. The molecule has 0 spiro atoms. The molecule has 1 amide bonds. The smallest absolute Gasteiger partial charge is 0.405 e. The molecule has 1 aliphatic carbocycles. The van der Waals surface area contributed by atoms with Crippen molar-refractivity contribution in [2.45, 2.75) is 38.1 Å². The van der Waals surface area contributed by atoms with Crippen LogP contribution in [0.15, 0.2) is 36.4 Å². The lowest BCUT2D eigenvalue weighted by molar-refractivity contribution is -0.123. The number of fused-ring (bicyclic) bond motifs is 1. The average molecular weight is 455 g/mol. The third kappa shape index (κ3) is 5.83. The molecule has 31 heavy (non-hydrogen) atoms. The zero-order valence-corrected chi connectivity index (χ0v) is 17.4. The zero-order chi connectivity index (χ0) is 22.0. The fourth-order valence-electron chi connectivity index (χ4n) is 3.56. The lowest BCUT2D eigenvalue weighted by Gasteiger charge is -2.26. The third-order valence-corrected chi connectivity index (χ3v) is 5.39. The van der Waals surface area contributed by atoms with Crippen molar-refractivity contribution in [2.75, 3.05) is 19.8 Å². The summed E-state index contributed by atoms with van der Waals surface area (Å²) in [4.78, 5) is 14.2. The fourth-order valence-corrected chi connectivity index (χ4v) is 3.79. The number of rotatable bonds is 7. The minimum Gasteiger partial charge on any atom is -0.486 e. The summed E-state index contributed by atoms with van der Waals surface area (Å²) in [5.41, 5.74) is 2.12. The van der Waals surface area contributed by atoms with Crippen molar-refractivity contribution < 1.29 is 27.4 Å². The van der Waals surface area contributed by atoms with Crippen LogP contribution in [0.25, 0.3) is 0 Å². The molecule has 2 aromatic rings. The lowest BCUT2D eigenvalue weighted by atomic mass is 10.1. The number of hydrogen-bond acceptors (Lipinski definition) is 4. The molecular weight excluding hydrogens is 433 g/mol. The molecule has 1 fully saturated rings. The summed E-state index contributed by atoms with van der Waals surface area (Å²) in [7, 11) is 0. The van der Waals surface area contributed by atoms with E-state index in [1.54, 1.807) is 30.3 Å². The molecule has 4 rings (SSSR count). The van der Waals surface area contributed by atoms with E-state index in [1.807, 2.05) is 11.4 Å². The van der Waals surface area contributed by atoms with E-state index in [0.29, 0.717) is 43.1 Å². The minimum atomic E-state index is -4.44. The molecule has 0 saturated heterocycles. The van der Waals surface area contributed by atoms with E-state index in [4.69, 9.17) is 21.1 Å². The normalized spacial score (nSPS) is 15.8.